The van der Waals surface area contributed by atoms with Gasteiger partial charge in [-0.05, 0) is 31.9 Å². The first kappa shape index (κ1) is 18.6. The van der Waals surface area contributed by atoms with E-state index in [1.54, 1.807) is 11.3 Å². The molecule has 0 aliphatic carbocycles. The molecular formula is C20H26N4OS. The molecule has 0 fully saturated rings. The van der Waals surface area contributed by atoms with Crippen LogP contribution in [0.25, 0.3) is 11.0 Å². The molecule has 2 heterocycles. The Morgan fingerprint density at radius 3 is 2.62 bits per heavy atom. The highest BCUT2D eigenvalue weighted by Gasteiger charge is 2.23. The number of imidazole rings is 1. The Morgan fingerprint density at radius 2 is 1.96 bits per heavy atom. The largest absolute Gasteiger partial charge is 0.349 e. The Balaban J connectivity index is 1.84. The molecule has 3 rings (SSSR count). The standard InChI is InChI=1S/C20H26N4OS/c1-5-15(20(25)21-12-17-13(4)22-19(7-3)26-17)24-16-11-9-8-10-14(16)23-18(24)6-2/h8-11,15H,5-7,12H2,1-4H3,(H,21,25)/t15-/m0/s1. The lowest BCUT2D eigenvalue weighted by atomic mass is 10.2. The highest BCUT2D eigenvalue weighted by Crippen LogP contribution is 2.24. The van der Waals surface area contributed by atoms with Gasteiger partial charge in [0.05, 0.1) is 28.3 Å². The molecule has 1 N–H and O–H groups in total. The fourth-order valence-corrected chi connectivity index (χ4v) is 4.21. The van der Waals surface area contributed by atoms with Crippen molar-refractivity contribution in [3.63, 3.8) is 0 Å². The van der Waals surface area contributed by atoms with Crippen molar-refractivity contribution in [1.82, 2.24) is 19.9 Å². The van der Waals surface area contributed by atoms with Crippen molar-refractivity contribution in [3.8, 4) is 0 Å². The van der Waals surface area contributed by atoms with Crippen molar-refractivity contribution >= 4 is 28.3 Å². The van der Waals surface area contributed by atoms with Gasteiger partial charge in [-0.1, -0.05) is 32.9 Å². The lowest BCUT2D eigenvalue weighted by Gasteiger charge is -2.19. The van der Waals surface area contributed by atoms with Gasteiger partial charge >= 0.3 is 0 Å². The molecule has 1 amide bonds. The molecule has 3 aromatic rings. The van der Waals surface area contributed by atoms with Crippen LogP contribution in [0, 0.1) is 6.92 Å². The molecule has 0 aliphatic rings. The van der Waals surface area contributed by atoms with Crippen LogP contribution < -0.4 is 5.32 Å². The number of nitrogens with one attached hydrogen (secondary N) is 1. The summed E-state index contributed by atoms with van der Waals surface area (Å²) in [6, 6.07) is 7.77. The SMILES string of the molecule is CCc1nc(C)c(CNC(=O)[C@H](CC)n2c(CC)nc3ccccc32)s1. The molecule has 5 nitrogen and oxygen atoms in total. The molecule has 6 heteroatoms. The maximum absolute atomic E-state index is 13.0. The van der Waals surface area contributed by atoms with Crippen molar-refractivity contribution in [3.05, 3.63) is 45.7 Å². The van der Waals surface area contributed by atoms with Crippen LogP contribution in [0.15, 0.2) is 24.3 Å². The third-order valence-electron chi connectivity index (χ3n) is 4.65. The molecule has 1 aromatic carbocycles. The first-order valence-electron chi connectivity index (χ1n) is 9.27. The normalized spacial score (nSPS) is 12.5. The Morgan fingerprint density at radius 1 is 1.19 bits per heavy atom. The number of rotatable bonds is 7. The first-order chi connectivity index (χ1) is 12.6. The van der Waals surface area contributed by atoms with Crippen LogP contribution in [-0.4, -0.2) is 20.4 Å². The van der Waals surface area contributed by atoms with Crippen LogP contribution in [0.1, 0.15) is 54.6 Å². The zero-order valence-electron chi connectivity index (χ0n) is 15.9. The second kappa shape index (κ2) is 7.99. The van der Waals surface area contributed by atoms with E-state index in [1.165, 1.54) is 0 Å². The summed E-state index contributed by atoms with van der Waals surface area (Å²) in [5.74, 6) is 0.992. The Bertz CT molecular complexity index is 912. The second-order valence-corrected chi connectivity index (χ2v) is 7.52. The van der Waals surface area contributed by atoms with E-state index >= 15 is 0 Å². The van der Waals surface area contributed by atoms with Crippen molar-refractivity contribution in [2.75, 3.05) is 0 Å². The topological polar surface area (TPSA) is 59.8 Å². The third kappa shape index (κ3) is 3.51. The lowest BCUT2D eigenvalue weighted by Crippen LogP contribution is -2.32. The lowest BCUT2D eigenvalue weighted by molar-refractivity contribution is -0.124. The summed E-state index contributed by atoms with van der Waals surface area (Å²) in [5, 5.41) is 4.23. The Kier molecular flexibility index (Phi) is 5.71. The van der Waals surface area contributed by atoms with Gasteiger partial charge in [0.15, 0.2) is 0 Å². The number of benzene rings is 1. The van der Waals surface area contributed by atoms with Crippen LogP contribution in [0.4, 0.5) is 0 Å². The van der Waals surface area contributed by atoms with Crippen molar-refractivity contribution in [1.29, 1.82) is 0 Å². The molecular weight excluding hydrogens is 344 g/mol. The second-order valence-electron chi connectivity index (χ2n) is 6.35. The molecule has 138 valence electrons. The van der Waals surface area contributed by atoms with Crippen LogP contribution in [0.5, 0.6) is 0 Å². The fraction of sp³-hybridized carbons (Fsp3) is 0.450. The van der Waals surface area contributed by atoms with E-state index in [0.29, 0.717) is 6.54 Å². The first-order valence-corrected chi connectivity index (χ1v) is 10.1. The predicted octanol–water partition coefficient (Wildman–Crippen LogP) is 4.19. The number of nitrogens with zero attached hydrogens (tertiary/aromatic N) is 3. The number of amides is 1. The van der Waals surface area contributed by atoms with E-state index < -0.39 is 0 Å². The number of aromatic nitrogens is 3. The number of carbonyl (C=O) groups is 1. The summed E-state index contributed by atoms with van der Waals surface area (Å²) < 4.78 is 2.10. The minimum Gasteiger partial charge on any atom is -0.349 e. The number of fused-ring (bicyclic) bond motifs is 1. The summed E-state index contributed by atoms with van der Waals surface area (Å²) in [5.41, 5.74) is 2.98. The van der Waals surface area contributed by atoms with Crippen molar-refractivity contribution in [2.45, 2.75) is 59.5 Å². The molecule has 0 bridgehead atoms. The van der Waals surface area contributed by atoms with E-state index in [2.05, 4.69) is 28.7 Å². The molecule has 1 atom stereocenters. The number of carbonyl (C=O) groups excluding carboxylic acids is 1. The van der Waals surface area contributed by atoms with Crippen LogP contribution >= 0.6 is 11.3 Å². The minimum absolute atomic E-state index is 0.0381. The van der Waals surface area contributed by atoms with Gasteiger partial charge in [-0.15, -0.1) is 11.3 Å². The quantitative estimate of drug-likeness (QED) is 0.678. The highest BCUT2D eigenvalue weighted by molar-refractivity contribution is 7.11. The van der Waals surface area contributed by atoms with E-state index in [1.807, 2.05) is 38.1 Å². The minimum atomic E-state index is -0.253. The molecule has 0 radical (unpaired) electrons. The van der Waals surface area contributed by atoms with E-state index in [9.17, 15) is 4.79 Å². The molecule has 26 heavy (non-hydrogen) atoms. The fourth-order valence-electron chi connectivity index (χ4n) is 3.27. The molecule has 2 aromatic heterocycles. The van der Waals surface area contributed by atoms with Gasteiger partial charge in [0, 0.05) is 11.3 Å². The molecule has 0 saturated carbocycles. The van der Waals surface area contributed by atoms with Crippen molar-refractivity contribution < 1.29 is 4.79 Å². The maximum Gasteiger partial charge on any atom is 0.243 e. The monoisotopic (exact) mass is 370 g/mol. The Labute approximate surface area is 158 Å². The Hall–Kier alpha value is -2.21. The van der Waals surface area contributed by atoms with Crippen molar-refractivity contribution in [2.24, 2.45) is 0 Å². The van der Waals surface area contributed by atoms with Crippen LogP contribution in [0.3, 0.4) is 0 Å². The van der Waals surface area contributed by atoms with E-state index in [0.717, 1.165) is 51.7 Å². The predicted molar refractivity (Wildman–Crippen MR) is 107 cm³/mol. The molecule has 0 unspecified atom stereocenters. The summed E-state index contributed by atoms with van der Waals surface area (Å²) in [6.07, 6.45) is 2.45. The third-order valence-corrected chi connectivity index (χ3v) is 5.95. The number of hydrogen-bond donors (Lipinski definition) is 1. The molecule has 0 saturated heterocycles. The van der Waals surface area contributed by atoms with Gasteiger partial charge in [0.2, 0.25) is 5.91 Å². The van der Waals surface area contributed by atoms with Gasteiger partial charge in [0.25, 0.3) is 0 Å². The number of para-hydroxylation sites is 2. The van der Waals surface area contributed by atoms with Gasteiger partial charge < -0.3 is 9.88 Å². The van der Waals surface area contributed by atoms with Gasteiger partial charge in [-0.25, -0.2) is 9.97 Å². The summed E-state index contributed by atoms with van der Waals surface area (Å²) in [4.78, 5) is 23.4. The number of aryl methyl sites for hydroxylation is 3. The number of hydrogen-bond acceptors (Lipinski definition) is 4. The van der Waals surface area contributed by atoms with E-state index in [-0.39, 0.29) is 11.9 Å². The average molecular weight is 371 g/mol. The number of thiazole rings is 1. The molecule has 0 aliphatic heterocycles. The molecule has 0 spiro atoms. The van der Waals surface area contributed by atoms with Gasteiger partial charge in [0.1, 0.15) is 11.9 Å². The van der Waals surface area contributed by atoms with E-state index in [4.69, 9.17) is 4.98 Å². The van der Waals surface area contributed by atoms with Gasteiger partial charge in [-0.3, -0.25) is 4.79 Å². The van der Waals surface area contributed by atoms with Crippen LogP contribution in [0.2, 0.25) is 0 Å². The summed E-state index contributed by atoms with van der Waals surface area (Å²) in [6.45, 7) is 8.77. The zero-order chi connectivity index (χ0) is 18.7. The zero-order valence-corrected chi connectivity index (χ0v) is 16.7. The summed E-state index contributed by atoms with van der Waals surface area (Å²) >= 11 is 1.68. The summed E-state index contributed by atoms with van der Waals surface area (Å²) in [7, 11) is 0. The average Bonchev–Trinajstić information content (AvgIpc) is 3.21. The maximum atomic E-state index is 13.0. The highest BCUT2D eigenvalue weighted by atomic mass is 32.1. The smallest absolute Gasteiger partial charge is 0.243 e. The van der Waals surface area contributed by atoms with Gasteiger partial charge in [-0.2, -0.15) is 0 Å². The van der Waals surface area contributed by atoms with Crippen LogP contribution in [-0.2, 0) is 24.2 Å².